The zero-order chi connectivity index (χ0) is 19.3. The first-order valence-corrected chi connectivity index (χ1v) is 9.04. The van der Waals surface area contributed by atoms with Crippen molar-refractivity contribution in [1.82, 2.24) is 9.80 Å². The predicted molar refractivity (Wildman–Crippen MR) is 101 cm³/mol. The Morgan fingerprint density at radius 2 is 1.65 bits per heavy atom. The van der Waals surface area contributed by atoms with Crippen LogP contribution in [0.4, 0.5) is 0 Å². The Labute approximate surface area is 156 Å². The summed E-state index contributed by atoms with van der Waals surface area (Å²) in [5.74, 6) is 1.21. The van der Waals surface area contributed by atoms with Crippen LogP contribution in [-0.4, -0.2) is 62.0 Å². The number of ether oxygens (including phenoxy) is 2. The van der Waals surface area contributed by atoms with Crippen molar-refractivity contribution >= 4 is 11.8 Å². The first-order valence-electron chi connectivity index (χ1n) is 9.04. The van der Waals surface area contributed by atoms with Gasteiger partial charge in [-0.25, -0.2) is 0 Å². The van der Waals surface area contributed by atoms with Crippen molar-refractivity contribution in [3.63, 3.8) is 0 Å². The molecule has 1 aromatic carbocycles. The third kappa shape index (κ3) is 5.13. The number of rotatable bonds is 4. The minimum Gasteiger partial charge on any atom is -0.497 e. The smallest absolute Gasteiger partial charge is 0.257 e. The third-order valence-electron chi connectivity index (χ3n) is 4.45. The molecule has 0 spiro atoms. The lowest BCUT2D eigenvalue weighted by molar-refractivity contribution is -0.132. The molecule has 0 radical (unpaired) electrons. The van der Waals surface area contributed by atoms with Gasteiger partial charge in [-0.05, 0) is 30.0 Å². The van der Waals surface area contributed by atoms with E-state index in [0.717, 1.165) is 6.42 Å². The number of hydrogen-bond acceptors (Lipinski definition) is 4. The van der Waals surface area contributed by atoms with E-state index in [4.69, 9.17) is 9.47 Å². The predicted octanol–water partition coefficient (Wildman–Crippen LogP) is 2.81. The summed E-state index contributed by atoms with van der Waals surface area (Å²) in [6.07, 6.45) is 1.29. The van der Waals surface area contributed by atoms with Gasteiger partial charge in [-0.15, -0.1) is 0 Å². The minimum atomic E-state index is -0.0918. The standard InChI is InChI=1S/C20H30N2O4/c1-20(2,3)14-18(23)21-9-6-10-22(12-11-21)19(24)16-13-15(25-4)7-8-17(16)26-5/h7-8,13H,6,9-12,14H2,1-5H3. The van der Waals surface area contributed by atoms with Crippen molar-refractivity contribution in [3.05, 3.63) is 23.8 Å². The summed E-state index contributed by atoms with van der Waals surface area (Å²) in [5.41, 5.74) is 0.452. The number of hydrogen-bond donors (Lipinski definition) is 0. The molecule has 0 aliphatic carbocycles. The molecule has 6 nitrogen and oxygen atoms in total. The Morgan fingerprint density at radius 3 is 2.27 bits per heavy atom. The average Bonchev–Trinajstić information content (AvgIpc) is 2.85. The van der Waals surface area contributed by atoms with E-state index in [9.17, 15) is 9.59 Å². The average molecular weight is 362 g/mol. The quantitative estimate of drug-likeness (QED) is 0.826. The van der Waals surface area contributed by atoms with E-state index >= 15 is 0 Å². The number of carbonyl (C=O) groups excluding carboxylic acids is 2. The zero-order valence-corrected chi connectivity index (χ0v) is 16.5. The first kappa shape index (κ1) is 20.1. The molecule has 0 bridgehead atoms. The van der Waals surface area contributed by atoms with E-state index in [2.05, 4.69) is 20.8 Å². The minimum absolute atomic E-state index is 0.0349. The second-order valence-electron chi connectivity index (χ2n) is 7.83. The van der Waals surface area contributed by atoms with Crippen molar-refractivity contribution in [2.75, 3.05) is 40.4 Å². The van der Waals surface area contributed by atoms with Gasteiger partial charge < -0.3 is 19.3 Å². The van der Waals surface area contributed by atoms with Crippen LogP contribution in [0.15, 0.2) is 18.2 Å². The summed E-state index contributed by atoms with van der Waals surface area (Å²) in [6.45, 7) is 8.59. The van der Waals surface area contributed by atoms with Gasteiger partial charge in [-0.3, -0.25) is 9.59 Å². The lowest BCUT2D eigenvalue weighted by Gasteiger charge is -2.26. The van der Waals surface area contributed by atoms with Gasteiger partial charge >= 0.3 is 0 Å². The van der Waals surface area contributed by atoms with E-state index in [0.29, 0.717) is 49.7 Å². The Bertz CT molecular complexity index is 652. The van der Waals surface area contributed by atoms with E-state index in [1.54, 1.807) is 37.3 Å². The number of amides is 2. The molecule has 1 saturated heterocycles. The van der Waals surface area contributed by atoms with E-state index in [1.165, 1.54) is 0 Å². The molecule has 0 unspecified atom stereocenters. The van der Waals surface area contributed by atoms with Crippen molar-refractivity contribution in [2.24, 2.45) is 5.41 Å². The molecule has 0 atom stereocenters. The highest BCUT2D eigenvalue weighted by Gasteiger charge is 2.26. The molecule has 0 saturated carbocycles. The summed E-state index contributed by atoms with van der Waals surface area (Å²) in [7, 11) is 3.12. The summed E-state index contributed by atoms with van der Waals surface area (Å²) >= 11 is 0. The van der Waals surface area contributed by atoms with Gasteiger partial charge in [0.05, 0.1) is 19.8 Å². The highest BCUT2D eigenvalue weighted by Crippen LogP contribution is 2.26. The molecular formula is C20H30N2O4. The molecule has 1 aliphatic rings. The summed E-state index contributed by atoms with van der Waals surface area (Å²) in [5, 5.41) is 0. The molecule has 26 heavy (non-hydrogen) atoms. The lowest BCUT2D eigenvalue weighted by atomic mass is 9.91. The van der Waals surface area contributed by atoms with Gasteiger partial charge in [0.25, 0.3) is 5.91 Å². The maximum Gasteiger partial charge on any atom is 0.257 e. The van der Waals surface area contributed by atoms with E-state index in [1.807, 2.05) is 4.90 Å². The van der Waals surface area contributed by atoms with Crippen LogP contribution in [0.25, 0.3) is 0 Å². The second kappa shape index (κ2) is 8.43. The van der Waals surface area contributed by atoms with Gasteiger partial charge in [0.15, 0.2) is 0 Å². The fraction of sp³-hybridized carbons (Fsp3) is 0.600. The molecule has 2 amide bonds. The molecule has 1 aromatic rings. The van der Waals surface area contributed by atoms with Crippen molar-refractivity contribution in [2.45, 2.75) is 33.6 Å². The third-order valence-corrected chi connectivity index (χ3v) is 4.45. The Hall–Kier alpha value is -2.24. The molecule has 1 heterocycles. The molecule has 0 aromatic heterocycles. The molecule has 144 valence electrons. The summed E-state index contributed by atoms with van der Waals surface area (Å²) in [6, 6.07) is 5.21. The van der Waals surface area contributed by atoms with Crippen molar-refractivity contribution in [1.29, 1.82) is 0 Å². The van der Waals surface area contributed by atoms with Gasteiger partial charge in [-0.2, -0.15) is 0 Å². The Morgan fingerprint density at radius 1 is 1.00 bits per heavy atom. The molecule has 6 heteroatoms. The highest BCUT2D eigenvalue weighted by atomic mass is 16.5. The fourth-order valence-corrected chi connectivity index (χ4v) is 3.09. The first-order chi connectivity index (χ1) is 12.2. The Balaban J connectivity index is 2.09. The van der Waals surface area contributed by atoms with Crippen LogP contribution >= 0.6 is 0 Å². The van der Waals surface area contributed by atoms with E-state index < -0.39 is 0 Å². The van der Waals surface area contributed by atoms with Crippen LogP contribution < -0.4 is 9.47 Å². The number of carbonyl (C=O) groups is 2. The Kier molecular flexibility index (Phi) is 6.51. The highest BCUT2D eigenvalue weighted by molar-refractivity contribution is 5.97. The van der Waals surface area contributed by atoms with Gasteiger partial charge in [0, 0.05) is 32.6 Å². The molecule has 0 N–H and O–H groups in total. The largest absolute Gasteiger partial charge is 0.497 e. The SMILES string of the molecule is COc1ccc(OC)c(C(=O)N2CCCN(C(=O)CC(C)(C)C)CC2)c1. The normalized spacial score (nSPS) is 15.4. The van der Waals surface area contributed by atoms with Crippen LogP contribution in [0.2, 0.25) is 0 Å². The monoisotopic (exact) mass is 362 g/mol. The fourth-order valence-electron chi connectivity index (χ4n) is 3.09. The summed E-state index contributed by atoms with van der Waals surface area (Å²) in [4.78, 5) is 29.1. The topological polar surface area (TPSA) is 59.1 Å². The van der Waals surface area contributed by atoms with Gasteiger partial charge in [-0.1, -0.05) is 20.8 Å². The molecule has 2 rings (SSSR count). The summed E-state index contributed by atoms with van der Waals surface area (Å²) < 4.78 is 10.6. The number of nitrogens with zero attached hydrogens (tertiary/aromatic N) is 2. The molecule has 1 fully saturated rings. The number of methoxy groups -OCH3 is 2. The van der Waals surface area contributed by atoms with E-state index in [-0.39, 0.29) is 17.2 Å². The number of benzene rings is 1. The molecule has 1 aliphatic heterocycles. The van der Waals surface area contributed by atoms with Crippen LogP contribution in [0.5, 0.6) is 11.5 Å². The maximum atomic E-state index is 13.0. The zero-order valence-electron chi connectivity index (χ0n) is 16.5. The van der Waals surface area contributed by atoms with Crippen molar-refractivity contribution in [3.8, 4) is 11.5 Å². The maximum absolute atomic E-state index is 13.0. The molecular weight excluding hydrogens is 332 g/mol. The van der Waals surface area contributed by atoms with Crippen LogP contribution in [0.3, 0.4) is 0 Å². The van der Waals surface area contributed by atoms with Crippen molar-refractivity contribution < 1.29 is 19.1 Å². The second-order valence-corrected chi connectivity index (χ2v) is 7.83. The van der Waals surface area contributed by atoms with Crippen LogP contribution in [-0.2, 0) is 4.79 Å². The van der Waals surface area contributed by atoms with Crippen LogP contribution in [0, 0.1) is 5.41 Å². The van der Waals surface area contributed by atoms with Crippen LogP contribution in [0.1, 0.15) is 44.0 Å². The van der Waals surface area contributed by atoms with Gasteiger partial charge in [0.1, 0.15) is 11.5 Å². The van der Waals surface area contributed by atoms with Gasteiger partial charge in [0.2, 0.25) is 5.91 Å². The lowest BCUT2D eigenvalue weighted by Crippen LogP contribution is -2.38.